The van der Waals surface area contributed by atoms with Gasteiger partial charge in [-0.05, 0) is 50.5 Å². The zero-order chi connectivity index (χ0) is 12.5. The van der Waals surface area contributed by atoms with Crippen molar-refractivity contribution in [3.8, 4) is 0 Å². The molecule has 1 atom stereocenters. The highest BCUT2D eigenvalue weighted by Gasteiger charge is 2.29. The summed E-state index contributed by atoms with van der Waals surface area (Å²) in [6.07, 6.45) is 0. The molecular weight excluding hydrogens is 310 g/mol. The lowest BCUT2D eigenvalue weighted by Gasteiger charge is -2.26. The summed E-state index contributed by atoms with van der Waals surface area (Å²) in [5.41, 5.74) is 8.36. The van der Waals surface area contributed by atoms with E-state index in [4.69, 9.17) is 5.73 Å². The monoisotopic (exact) mass is 321 g/mol. The maximum atomic E-state index is 6.03. The zero-order valence-electron chi connectivity index (χ0n) is 9.58. The molecule has 5 heteroatoms. The lowest BCUT2D eigenvalue weighted by Crippen LogP contribution is -2.36. The van der Waals surface area contributed by atoms with Crippen LogP contribution in [0.3, 0.4) is 0 Å². The van der Waals surface area contributed by atoms with E-state index in [-0.39, 0.29) is 6.04 Å². The minimum atomic E-state index is 0.204. The Morgan fingerprint density at radius 3 is 2.89 bits per heavy atom. The van der Waals surface area contributed by atoms with Gasteiger partial charge < -0.3 is 10.6 Å². The Balaban J connectivity index is 2.03. The normalized spacial score (nSPS) is 19.1. The maximum Gasteiger partial charge on any atom is 0.196 e. The van der Waals surface area contributed by atoms with Gasteiger partial charge in [-0.15, -0.1) is 0 Å². The molecule has 1 unspecified atom stereocenters. The standard InChI is InChI=1S/C13H12BrN3S/c14-10-3-1-2-4-11(10)17-12(7-16-13(17)15)9-5-6-18-8-9/h1-6,8,12H,7H2,(H2,15,16). The Morgan fingerprint density at radius 2 is 2.17 bits per heavy atom. The van der Waals surface area contributed by atoms with E-state index in [1.54, 1.807) is 11.3 Å². The van der Waals surface area contributed by atoms with Crippen molar-refractivity contribution in [2.75, 3.05) is 11.4 Å². The van der Waals surface area contributed by atoms with Gasteiger partial charge in [-0.2, -0.15) is 11.3 Å². The van der Waals surface area contributed by atoms with Crippen molar-refractivity contribution < 1.29 is 0 Å². The molecule has 0 spiro atoms. The van der Waals surface area contributed by atoms with Crippen LogP contribution in [0.2, 0.25) is 0 Å². The summed E-state index contributed by atoms with van der Waals surface area (Å²) >= 11 is 5.27. The molecule has 18 heavy (non-hydrogen) atoms. The van der Waals surface area contributed by atoms with E-state index in [2.05, 4.69) is 48.7 Å². The highest BCUT2D eigenvalue weighted by Crippen LogP contribution is 2.35. The average molecular weight is 322 g/mol. The van der Waals surface area contributed by atoms with E-state index in [1.165, 1.54) is 5.56 Å². The minimum absolute atomic E-state index is 0.204. The smallest absolute Gasteiger partial charge is 0.196 e. The van der Waals surface area contributed by atoms with Crippen molar-refractivity contribution in [1.82, 2.24) is 0 Å². The largest absolute Gasteiger partial charge is 0.369 e. The topological polar surface area (TPSA) is 41.6 Å². The lowest BCUT2D eigenvalue weighted by molar-refractivity contribution is 0.771. The van der Waals surface area contributed by atoms with E-state index in [0.717, 1.165) is 10.2 Å². The van der Waals surface area contributed by atoms with Gasteiger partial charge in [-0.1, -0.05) is 12.1 Å². The molecule has 0 bridgehead atoms. The molecule has 1 aliphatic rings. The summed E-state index contributed by atoms with van der Waals surface area (Å²) in [6.45, 7) is 0.712. The van der Waals surface area contributed by atoms with Crippen LogP contribution in [0.5, 0.6) is 0 Å². The van der Waals surface area contributed by atoms with Gasteiger partial charge in [0.2, 0.25) is 0 Å². The number of anilines is 1. The fraction of sp³-hybridized carbons (Fsp3) is 0.154. The van der Waals surface area contributed by atoms with E-state index < -0.39 is 0 Å². The molecule has 0 radical (unpaired) electrons. The predicted octanol–water partition coefficient (Wildman–Crippen LogP) is 3.39. The summed E-state index contributed by atoms with van der Waals surface area (Å²) in [4.78, 5) is 6.47. The predicted molar refractivity (Wildman–Crippen MR) is 80.2 cm³/mol. The average Bonchev–Trinajstić information content (AvgIpc) is 2.99. The Kier molecular flexibility index (Phi) is 3.09. The number of rotatable bonds is 2. The van der Waals surface area contributed by atoms with Gasteiger partial charge in [-0.3, -0.25) is 4.99 Å². The molecule has 3 rings (SSSR count). The maximum absolute atomic E-state index is 6.03. The summed E-state index contributed by atoms with van der Waals surface area (Å²) in [5, 5.41) is 4.24. The molecule has 2 N–H and O–H groups in total. The highest BCUT2D eigenvalue weighted by molar-refractivity contribution is 9.10. The van der Waals surface area contributed by atoms with Crippen LogP contribution in [0, 0.1) is 0 Å². The number of nitrogens with zero attached hydrogens (tertiary/aromatic N) is 2. The number of benzene rings is 1. The van der Waals surface area contributed by atoms with Crippen molar-refractivity contribution in [1.29, 1.82) is 0 Å². The van der Waals surface area contributed by atoms with Crippen LogP contribution >= 0.6 is 27.3 Å². The number of hydrogen-bond acceptors (Lipinski definition) is 4. The Morgan fingerprint density at radius 1 is 1.33 bits per heavy atom. The summed E-state index contributed by atoms with van der Waals surface area (Å²) in [7, 11) is 0. The SMILES string of the molecule is NC1=NCC(c2ccsc2)N1c1ccccc1Br. The number of halogens is 1. The van der Waals surface area contributed by atoms with Gasteiger partial charge in [0, 0.05) is 4.47 Å². The second-order valence-corrected chi connectivity index (χ2v) is 5.73. The second kappa shape index (κ2) is 4.74. The van der Waals surface area contributed by atoms with Crippen LogP contribution < -0.4 is 10.6 Å². The molecule has 0 aliphatic carbocycles. The van der Waals surface area contributed by atoms with Crippen molar-refractivity contribution in [3.05, 3.63) is 51.1 Å². The third kappa shape index (κ3) is 1.93. The van der Waals surface area contributed by atoms with Gasteiger partial charge in [0.15, 0.2) is 5.96 Å². The Labute approximate surface area is 118 Å². The molecule has 0 saturated heterocycles. The van der Waals surface area contributed by atoms with Crippen LogP contribution in [0.25, 0.3) is 0 Å². The molecule has 0 saturated carbocycles. The van der Waals surface area contributed by atoms with E-state index in [9.17, 15) is 0 Å². The molecule has 1 aliphatic heterocycles. The number of nitrogens with two attached hydrogens (primary N) is 1. The quantitative estimate of drug-likeness (QED) is 0.921. The fourth-order valence-corrected chi connectivity index (χ4v) is 3.34. The van der Waals surface area contributed by atoms with Crippen LogP contribution in [0.4, 0.5) is 5.69 Å². The summed E-state index contributed by atoms with van der Waals surface area (Å²) < 4.78 is 1.03. The molecule has 1 aromatic carbocycles. The summed E-state index contributed by atoms with van der Waals surface area (Å²) in [6, 6.07) is 10.4. The number of para-hydroxylation sites is 1. The van der Waals surface area contributed by atoms with Crippen LogP contribution in [0.1, 0.15) is 11.6 Å². The highest BCUT2D eigenvalue weighted by atomic mass is 79.9. The Hall–Kier alpha value is -1.33. The zero-order valence-corrected chi connectivity index (χ0v) is 12.0. The van der Waals surface area contributed by atoms with Crippen LogP contribution in [-0.2, 0) is 0 Å². The van der Waals surface area contributed by atoms with Crippen molar-refractivity contribution in [3.63, 3.8) is 0 Å². The number of guanidine groups is 1. The van der Waals surface area contributed by atoms with E-state index in [0.29, 0.717) is 12.5 Å². The van der Waals surface area contributed by atoms with Crippen LogP contribution in [0.15, 0.2) is 50.6 Å². The van der Waals surface area contributed by atoms with Crippen molar-refractivity contribution >= 4 is 38.9 Å². The van der Waals surface area contributed by atoms with Gasteiger partial charge in [0.1, 0.15) is 0 Å². The molecule has 2 heterocycles. The molecular formula is C13H12BrN3S. The number of hydrogen-bond donors (Lipinski definition) is 1. The first kappa shape index (κ1) is 11.7. The fourth-order valence-electron chi connectivity index (χ4n) is 2.15. The summed E-state index contributed by atoms with van der Waals surface area (Å²) in [5.74, 6) is 0.582. The molecule has 0 amide bonds. The lowest BCUT2D eigenvalue weighted by atomic mass is 10.1. The van der Waals surface area contributed by atoms with Gasteiger partial charge in [-0.25, -0.2) is 0 Å². The molecule has 1 aromatic heterocycles. The third-order valence-electron chi connectivity index (χ3n) is 3.02. The first-order valence-electron chi connectivity index (χ1n) is 5.63. The van der Waals surface area contributed by atoms with Gasteiger partial charge in [0.25, 0.3) is 0 Å². The van der Waals surface area contributed by atoms with Gasteiger partial charge in [0.05, 0.1) is 18.3 Å². The van der Waals surface area contributed by atoms with E-state index in [1.807, 2.05) is 18.2 Å². The first-order chi connectivity index (χ1) is 8.77. The van der Waals surface area contributed by atoms with Crippen molar-refractivity contribution in [2.45, 2.75) is 6.04 Å². The molecule has 3 nitrogen and oxygen atoms in total. The molecule has 92 valence electrons. The Bertz CT molecular complexity index is 580. The molecule has 2 aromatic rings. The number of aliphatic imine (C=N–C) groups is 1. The van der Waals surface area contributed by atoms with E-state index >= 15 is 0 Å². The second-order valence-electron chi connectivity index (χ2n) is 4.09. The number of thiophene rings is 1. The molecule has 0 fully saturated rings. The minimum Gasteiger partial charge on any atom is -0.369 e. The van der Waals surface area contributed by atoms with Crippen LogP contribution in [-0.4, -0.2) is 12.5 Å². The first-order valence-corrected chi connectivity index (χ1v) is 7.37. The van der Waals surface area contributed by atoms with Gasteiger partial charge >= 0.3 is 0 Å². The van der Waals surface area contributed by atoms with Crippen molar-refractivity contribution in [2.24, 2.45) is 10.7 Å². The third-order valence-corrected chi connectivity index (χ3v) is 4.40.